The molecule has 0 aromatic rings. The third-order valence-electron chi connectivity index (χ3n) is 5.98. The summed E-state index contributed by atoms with van der Waals surface area (Å²) in [6, 6.07) is 0. The lowest BCUT2D eigenvalue weighted by atomic mass is 9.77. The van der Waals surface area contributed by atoms with Gasteiger partial charge in [-0.05, 0) is 37.5 Å². The van der Waals surface area contributed by atoms with Crippen LogP contribution in [0.3, 0.4) is 0 Å². The summed E-state index contributed by atoms with van der Waals surface area (Å²) in [4.78, 5) is 0. The number of ether oxygens (including phenoxy) is 1. The summed E-state index contributed by atoms with van der Waals surface area (Å²) in [6.07, 6.45) is 10.3. The molecule has 2 aliphatic rings. The van der Waals surface area contributed by atoms with E-state index in [4.69, 9.17) is 4.74 Å². The Morgan fingerprint density at radius 3 is 1.30 bits per heavy atom. The largest absolute Gasteiger partial charge is 0.393 e. The van der Waals surface area contributed by atoms with Crippen LogP contribution in [0, 0.1) is 11.8 Å². The van der Waals surface area contributed by atoms with E-state index < -0.39 is 11.2 Å². The predicted molar refractivity (Wildman–Crippen MR) is 88.0 cm³/mol. The Hall–Kier alpha value is -0.200. The second-order valence-electron chi connectivity index (χ2n) is 7.69. The van der Waals surface area contributed by atoms with Crippen LogP contribution in [0.15, 0.2) is 0 Å². The first-order chi connectivity index (χ1) is 11.0. The molecule has 2 saturated carbocycles. The van der Waals surface area contributed by atoms with Crippen molar-refractivity contribution in [3.8, 4) is 0 Å². The molecule has 0 aromatic carbocycles. The summed E-state index contributed by atoms with van der Waals surface area (Å²) in [5.41, 5.74) is -2.47. The van der Waals surface area contributed by atoms with Crippen molar-refractivity contribution >= 4 is 0 Å². The third kappa shape index (κ3) is 4.89. The van der Waals surface area contributed by atoms with Crippen molar-refractivity contribution in [3.05, 3.63) is 0 Å². The molecule has 0 saturated heterocycles. The van der Waals surface area contributed by atoms with Gasteiger partial charge in [0, 0.05) is 0 Å². The molecule has 0 aromatic heterocycles. The van der Waals surface area contributed by atoms with E-state index in [0.717, 1.165) is 51.4 Å². The molecule has 0 radical (unpaired) electrons. The van der Waals surface area contributed by atoms with Gasteiger partial charge in [-0.2, -0.15) is 0 Å². The standard InChI is InChI=1S/C18H34O5/c19-11-17(21,15-7-3-1-4-8-15)13-23-14-18(22,12-20)16-9-5-2-6-10-16/h15-16,19-22H,1-14H2. The summed E-state index contributed by atoms with van der Waals surface area (Å²) < 4.78 is 5.63. The Morgan fingerprint density at radius 1 is 0.652 bits per heavy atom. The molecule has 4 N–H and O–H groups in total. The summed E-state index contributed by atoms with van der Waals surface area (Å²) in [7, 11) is 0. The van der Waals surface area contributed by atoms with Gasteiger partial charge in [0.2, 0.25) is 0 Å². The molecule has 2 rings (SSSR count). The average Bonchev–Trinajstić information content (AvgIpc) is 2.63. The highest BCUT2D eigenvalue weighted by atomic mass is 16.5. The van der Waals surface area contributed by atoms with Crippen molar-refractivity contribution in [3.63, 3.8) is 0 Å². The predicted octanol–water partition coefficient (Wildman–Crippen LogP) is 1.61. The fraction of sp³-hybridized carbons (Fsp3) is 1.00. The van der Waals surface area contributed by atoms with Crippen molar-refractivity contribution in [2.24, 2.45) is 11.8 Å². The van der Waals surface area contributed by atoms with Crippen LogP contribution in [0.2, 0.25) is 0 Å². The summed E-state index contributed by atoms with van der Waals surface area (Å²) in [5, 5.41) is 40.7. The minimum absolute atomic E-state index is 0.0171. The van der Waals surface area contributed by atoms with Crippen LogP contribution in [-0.4, -0.2) is 58.1 Å². The lowest BCUT2D eigenvalue weighted by Crippen LogP contribution is -2.51. The molecule has 2 unspecified atom stereocenters. The SMILES string of the molecule is OCC(O)(COCC(O)(CO)C1CCCCC1)C1CCCCC1. The first-order valence-corrected chi connectivity index (χ1v) is 9.28. The van der Waals surface area contributed by atoms with E-state index in [0.29, 0.717) is 0 Å². The van der Waals surface area contributed by atoms with Gasteiger partial charge in [-0.25, -0.2) is 0 Å². The molecule has 0 aliphatic heterocycles. The van der Waals surface area contributed by atoms with Gasteiger partial charge in [0.15, 0.2) is 0 Å². The van der Waals surface area contributed by atoms with E-state index in [1.54, 1.807) is 0 Å². The van der Waals surface area contributed by atoms with Crippen molar-refractivity contribution in [2.45, 2.75) is 75.4 Å². The van der Waals surface area contributed by atoms with Crippen LogP contribution < -0.4 is 0 Å². The normalized spacial score (nSPS) is 26.6. The quantitative estimate of drug-likeness (QED) is 0.543. The molecule has 0 bridgehead atoms. The highest BCUT2D eigenvalue weighted by Crippen LogP contribution is 2.35. The fourth-order valence-corrected chi connectivity index (χ4v) is 4.27. The van der Waals surface area contributed by atoms with Crippen LogP contribution in [0.25, 0.3) is 0 Å². The molecule has 136 valence electrons. The Balaban J connectivity index is 1.87. The van der Waals surface area contributed by atoms with E-state index >= 15 is 0 Å². The number of aliphatic hydroxyl groups excluding tert-OH is 2. The van der Waals surface area contributed by atoms with Crippen LogP contribution >= 0.6 is 0 Å². The van der Waals surface area contributed by atoms with Gasteiger partial charge in [0.25, 0.3) is 0 Å². The molecule has 0 heterocycles. The maximum Gasteiger partial charge on any atom is 0.114 e. The lowest BCUT2D eigenvalue weighted by molar-refractivity contribution is -0.164. The number of aliphatic hydroxyl groups is 4. The summed E-state index contributed by atoms with van der Waals surface area (Å²) in [6.45, 7) is -0.607. The molecule has 2 atom stereocenters. The second kappa shape index (κ2) is 8.77. The highest BCUT2D eigenvalue weighted by Gasteiger charge is 2.40. The van der Waals surface area contributed by atoms with Crippen LogP contribution in [0.4, 0.5) is 0 Å². The van der Waals surface area contributed by atoms with Crippen LogP contribution in [0.1, 0.15) is 64.2 Å². The van der Waals surface area contributed by atoms with E-state index in [-0.39, 0.29) is 38.3 Å². The smallest absolute Gasteiger partial charge is 0.114 e. The van der Waals surface area contributed by atoms with E-state index in [2.05, 4.69) is 0 Å². The van der Waals surface area contributed by atoms with Gasteiger partial charge >= 0.3 is 0 Å². The van der Waals surface area contributed by atoms with Gasteiger partial charge in [0.1, 0.15) is 11.2 Å². The maximum atomic E-state index is 10.7. The minimum atomic E-state index is -1.23. The van der Waals surface area contributed by atoms with Gasteiger partial charge < -0.3 is 25.2 Å². The molecule has 0 spiro atoms. The van der Waals surface area contributed by atoms with Crippen molar-refractivity contribution < 1.29 is 25.2 Å². The Kier molecular flexibility index (Phi) is 7.29. The molecule has 23 heavy (non-hydrogen) atoms. The zero-order valence-electron chi connectivity index (χ0n) is 14.3. The molecular formula is C18H34O5. The zero-order valence-corrected chi connectivity index (χ0v) is 14.3. The van der Waals surface area contributed by atoms with E-state index in [1.807, 2.05) is 0 Å². The van der Waals surface area contributed by atoms with Crippen molar-refractivity contribution in [1.29, 1.82) is 0 Å². The fourth-order valence-electron chi connectivity index (χ4n) is 4.27. The topological polar surface area (TPSA) is 90.2 Å². The monoisotopic (exact) mass is 330 g/mol. The summed E-state index contributed by atoms with van der Waals surface area (Å²) in [5.74, 6) is 0.108. The van der Waals surface area contributed by atoms with Crippen molar-refractivity contribution in [2.75, 3.05) is 26.4 Å². The Labute approximate surface area is 139 Å². The number of hydrogen-bond acceptors (Lipinski definition) is 5. The third-order valence-corrected chi connectivity index (χ3v) is 5.98. The first kappa shape index (κ1) is 19.1. The first-order valence-electron chi connectivity index (χ1n) is 9.28. The van der Waals surface area contributed by atoms with Gasteiger partial charge in [0.05, 0.1) is 26.4 Å². The van der Waals surface area contributed by atoms with E-state index in [9.17, 15) is 20.4 Å². The minimum Gasteiger partial charge on any atom is -0.393 e. The van der Waals surface area contributed by atoms with Crippen LogP contribution in [-0.2, 0) is 4.74 Å². The van der Waals surface area contributed by atoms with Gasteiger partial charge in [-0.15, -0.1) is 0 Å². The molecule has 2 fully saturated rings. The Bertz CT molecular complexity index is 306. The zero-order chi connectivity index (χ0) is 16.8. The number of hydrogen-bond donors (Lipinski definition) is 4. The molecule has 0 amide bonds. The second-order valence-corrected chi connectivity index (χ2v) is 7.69. The molecule has 2 aliphatic carbocycles. The maximum absolute atomic E-state index is 10.7. The summed E-state index contributed by atoms with van der Waals surface area (Å²) >= 11 is 0. The molecular weight excluding hydrogens is 296 g/mol. The van der Waals surface area contributed by atoms with E-state index in [1.165, 1.54) is 12.8 Å². The van der Waals surface area contributed by atoms with Gasteiger partial charge in [-0.3, -0.25) is 0 Å². The van der Waals surface area contributed by atoms with Crippen molar-refractivity contribution in [1.82, 2.24) is 0 Å². The molecule has 5 heteroatoms. The van der Waals surface area contributed by atoms with Gasteiger partial charge in [-0.1, -0.05) is 38.5 Å². The lowest BCUT2D eigenvalue weighted by Gasteiger charge is -2.40. The average molecular weight is 330 g/mol. The highest BCUT2D eigenvalue weighted by molar-refractivity contribution is 4.90. The van der Waals surface area contributed by atoms with Crippen LogP contribution in [0.5, 0.6) is 0 Å². The Morgan fingerprint density at radius 2 is 1.00 bits per heavy atom. The number of rotatable bonds is 8. The molecule has 5 nitrogen and oxygen atoms in total.